The molecule has 2 aromatic carbocycles. The molecule has 0 spiro atoms. The minimum atomic E-state index is -3.52. The van der Waals surface area contributed by atoms with Crippen molar-refractivity contribution in [3.8, 4) is 22.6 Å². The van der Waals surface area contributed by atoms with Crippen LogP contribution in [-0.2, 0) is 10.0 Å². The van der Waals surface area contributed by atoms with Crippen molar-refractivity contribution >= 4 is 20.9 Å². The summed E-state index contributed by atoms with van der Waals surface area (Å²) in [6.07, 6.45) is 1.68. The van der Waals surface area contributed by atoms with E-state index in [0.29, 0.717) is 11.5 Å². The average Bonchev–Trinajstić information content (AvgIpc) is 2.66. The summed E-state index contributed by atoms with van der Waals surface area (Å²) in [5, 5.41) is 0.846. The minimum Gasteiger partial charge on any atom is -0.493 e. The van der Waals surface area contributed by atoms with Gasteiger partial charge in [-0.2, -0.15) is 0 Å². The summed E-state index contributed by atoms with van der Waals surface area (Å²) in [4.78, 5) is 4.58. The van der Waals surface area contributed by atoms with Crippen LogP contribution in [0.15, 0.2) is 53.6 Å². The smallest absolute Gasteiger partial charge is 0.240 e. The molecular formula is C18H18N2O4S. The number of nitrogens with one attached hydrogen (secondary N) is 1. The molecule has 0 aliphatic rings. The highest BCUT2D eigenvalue weighted by atomic mass is 32.2. The second kappa shape index (κ2) is 6.70. The van der Waals surface area contributed by atoms with E-state index in [9.17, 15) is 8.42 Å². The standard InChI is InChI=1S/C18H18N2O4S/c1-19-25(21,22)13-6-4-5-12(9-13)14-7-8-20-16-11-18(24-3)17(23-2)10-15(14)16/h4-11,19H,1-3H3. The number of nitrogens with zero attached hydrogens (tertiary/aromatic N) is 1. The lowest BCUT2D eigenvalue weighted by atomic mass is 10.0. The summed E-state index contributed by atoms with van der Waals surface area (Å²) >= 11 is 0. The first-order chi connectivity index (χ1) is 12.0. The van der Waals surface area contributed by atoms with Crippen molar-refractivity contribution in [3.63, 3.8) is 0 Å². The maximum atomic E-state index is 12.1. The normalized spacial score (nSPS) is 11.5. The van der Waals surface area contributed by atoms with Crippen LogP contribution in [0, 0.1) is 0 Å². The molecule has 25 heavy (non-hydrogen) atoms. The zero-order valence-electron chi connectivity index (χ0n) is 14.1. The van der Waals surface area contributed by atoms with Crippen molar-refractivity contribution in [1.29, 1.82) is 0 Å². The topological polar surface area (TPSA) is 77.5 Å². The summed E-state index contributed by atoms with van der Waals surface area (Å²) in [5.74, 6) is 1.18. The van der Waals surface area contributed by atoms with Gasteiger partial charge in [-0.05, 0) is 42.4 Å². The third-order valence-corrected chi connectivity index (χ3v) is 5.38. The number of aromatic nitrogens is 1. The molecule has 0 bridgehead atoms. The zero-order chi connectivity index (χ0) is 18.0. The lowest BCUT2D eigenvalue weighted by molar-refractivity contribution is 0.356. The number of ether oxygens (including phenoxy) is 2. The van der Waals surface area contributed by atoms with Crippen LogP contribution in [0.1, 0.15) is 0 Å². The Morgan fingerprint density at radius 2 is 1.72 bits per heavy atom. The van der Waals surface area contributed by atoms with Crippen LogP contribution in [0.25, 0.3) is 22.0 Å². The van der Waals surface area contributed by atoms with E-state index in [-0.39, 0.29) is 4.90 Å². The molecule has 3 aromatic rings. The maximum Gasteiger partial charge on any atom is 0.240 e. The Hall–Kier alpha value is -2.64. The van der Waals surface area contributed by atoms with Crippen LogP contribution >= 0.6 is 0 Å². The molecule has 0 saturated carbocycles. The third-order valence-electron chi connectivity index (χ3n) is 3.97. The van der Waals surface area contributed by atoms with Crippen LogP contribution in [0.5, 0.6) is 11.5 Å². The van der Waals surface area contributed by atoms with E-state index in [2.05, 4.69) is 9.71 Å². The number of sulfonamides is 1. The fraction of sp³-hybridized carbons (Fsp3) is 0.167. The van der Waals surface area contributed by atoms with Gasteiger partial charge in [0, 0.05) is 17.6 Å². The molecule has 0 aliphatic carbocycles. The highest BCUT2D eigenvalue weighted by Crippen LogP contribution is 2.36. The van der Waals surface area contributed by atoms with Crippen molar-refractivity contribution in [3.05, 3.63) is 48.7 Å². The van der Waals surface area contributed by atoms with Gasteiger partial charge in [0.15, 0.2) is 11.5 Å². The molecule has 1 heterocycles. The molecule has 1 aromatic heterocycles. The van der Waals surface area contributed by atoms with E-state index in [1.54, 1.807) is 44.7 Å². The molecule has 0 unspecified atom stereocenters. The molecule has 3 rings (SSSR count). The summed E-state index contributed by atoms with van der Waals surface area (Å²) in [6.45, 7) is 0. The van der Waals surface area contributed by atoms with Crippen molar-refractivity contribution < 1.29 is 17.9 Å². The third kappa shape index (κ3) is 3.16. The SMILES string of the molecule is CNS(=O)(=O)c1cccc(-c2ccnc3cc(OC)c(OC)cc23)c1. The maximum absolute atomic E-state index is 12.1. The van der Waals surface area contributed by atoms with Crippen molar-refractivity contribution in [1.82, 2.24) is 9.71 Å². The van der Waals surface area contributed by atoms with Crippen LogP contribution in [0.2, 0.25) is 0 Å². The van der Waals surface area contributed by atoms with Crippen molar-refractivity contribution in [2.45, 2.75) is 4.90 Å². The first-order valence-corrected chi connectivity index (χ1v) is 9.03. The number of methoxy groups -OCH3 is 2. The van der Waals surface area contributed by atoms with E-state index in [1.165, 1.54) is 7.05 Å². The van der Waals surface area contributed by atoms with Crippen LogP contribution in [0.3, 0.4) is 0 Å². The van der Waals surface area contributed by atoms with Crippen molar-refractivity contribution in [2.24, 2.45) is 0 Å². The Balaban J connectivity index is 2.24. The second-order valence-electron chi connectivity index (χ2n) is 5.32. The van der Waals surface area contributed by atoms with Crippen molar-refractivity contribution in [2.75, 3.05) is 21.3 Å². The monoisotopic (exact) mass is 358 g/mol. The predicted molar refractivity (Wildman–Crippen MR) is 96.5 cm³/mol. The molecule has 6 nitrogen and oxygen atoms in total. The molecule has 0 fully saturated rings. The van der Waals surface area contributed by atoms with Gasteiger partial charge in [0.05, 0.1) is 24.6 Å². The molecule has 0 radical (unpaired) electrons. The van der Waals surface area contributed by atoms with Gasteiger partial charge in [-0.3, -0.25) is 4.98 Å². The molecule has 0 amide bonds. The molecule has 0 saturated heterocycles. The quantitative estimate of drug-likeness (QED) is 0.759. The Labute approximate surface area is 146 Å². The number of rotatable bonds is 5. The minimum absolute atomic E-state index is 0.206. The number of fused-ring (bicyclic) bond motifs is 1. The Morgan fingerprint density at radius 1 is 1.00 bits per heavy atom. The fourth-order valence-corrected chi connectivity index (χ4v) is 3.45. The Morgan fingerprint density at radius 3 is 2.40 bits per heavy atom. The molecule has 1 N–H and O–H groups in total. The first-order valence-electron chi connectivity index (χ1n) is 7.55. The summed E-state index contributed by atoms with van der Waals surface area (Å²) in [6, 6.07) is 12.3. The predicted octanol–water partition coefficient (Wildman–Crippen LogP) is 2.83. The van der Waals surface area contributed by atoms with Gasteiger partial charge in [0.2, 0.25) is 10.0 Å². The largest absolute Gasteiger partial charge is 0.493 e. The van der Waals surface area contributed by atoms with E-state index >= 15 is 0 Å². The Kier molecular flexibility index (Phi) is 4.61. The van der Waals surface area contributed by atoms with Gasteiger partial charge in [-0.25, -0.2) is 13.1 Å². The Bertz CT molecular complexity index is 1030. The number of pyridine rings is 1. The van der Waals surface area contributed by atoms with E-state index in [0.717, 1.165) is 22.0 Å². The zero-order valence-corrected chi connectivity index (χ0v) is 14.9. The highest BCUT2D eigenvalue weighted by molar-refractivity contribution is 7.89. The van der Waals surface area contributed by atoms with E-state index in [1.807, 2.05) is 18.2 Å². The lowest BCUT2D eigenvalue weighted by Gasteiger charge is -2.12. The first kappa shape index (κ1) is 17.2. The molecule has 0 atom stereocenters. The van der Waals surface area contributed by atoms with Gasteiger partial charge >= 0.3 is 0 Å². The summed E-state index contributed by atoms with van der Waals surface area (Å²) in [7, 11) is 1.01. The van der Waals surface area contributed by atoms with E-state index < -0.39 is 10.0 Å². The number of hydrogen-bond acceptors (Lipinski definition) is 5. The lowest BCUT2D eigenvalue weighted by Crippen LogP contribution is -2.18. The second-order valence-corrected chi connectivity index (χ2v) is 7.20. The summed E-state index contributed by atoms with van der Waals surface area (Å²) < 4.78 is 37.2. The van der Waals surface area contributed by atoms with Gasteiger partial charge in [0.25, 0.3) is 0 Å². The van der Waals surface area contributed by atoms with Gasteiger partial charge < -0.3 is 9.47 Å². The number of hydrogen-bond donors (Lipinski definition) is 1. The molecule has 0 aliphatic heterocycles. The summed E-state index contributed by atoms with van der Waals surface area (Å²) in [5.41, 5.74) is 2.37. The van der Waals surface area contributed by atoms with Gasteiger partial charge in [0.1, 0.15) is 0 Å². The van der Waals surface area contributed by atoms with Gasteiger partial charge in [-0.1, -0.05) is 12.1 Å². The van der Waals surface area contributed by atoms with Gasteiger partial charge in [-0.15, -0.1) is 0 Å². The van der Waals surface area contributed by atoms with Crippen LogP contribution in [-0.4, -0.2) is 34.7 Å². The highest BCUT2D eigenvalue weighted by Gasteiger charge is 2.14. The molecular weight excluding hydrogens is 340 g/mol. The number of benzene rings is 2. The van der Waals surface area contributed by atoms with E-state index in [4.69, 9.17) is 9.47 Å². The molecule has 7 heteroatoms. The van der Waals surface area contributed by atoms with Crippen LogP contribution in [0.4, 0.5) is 0 Å². The molecule has 130 valence electrons. The average molecular weight is 358 g/mol. The van der Waals surface area contributed by atoms with Crippen LogP contribution < -0.4 is 14.2 Å². The fourth-order valence-electron chi connectivity index (χ4n) is 2.67.